The molecule has 2 rings (SSSR count). The highest BCUT2D eigenvalue weighted by Gasteiger charge is 2.16. The van der Waals surface area contributed by atoms with Crippen LogP contribution in [0, 0.1) is 0 Å². The van der Waals surface area contributed by atoms with Gasteiger partial charge < -0.3 is 0 Å². The molecule has 1 amide bonds. The van der Waals surface area contributed by atoms with Crippen molar-refractivity contribution in [3.8, 4) is 11.1 Å². The van der Waals surface area contributed by atoms with E-state index in [9.17, 15) is 4.79 Å². The standard InChI is InChI=1S/C14H14N2O2/c1-16(18-2)14(17)12-8-9-15-10-13(12)11-6-4-3-5-7-11/h3-10H,1-2H3. The van der Waals surface area contributed by atoms with Crippen LogP contribution in [0.1, 0.15) is 10.4 Å². The second-order valence-electron chi connectivity index (χ2n) is 3.77. The van der Waals surface area contributed by atoms with Gasteiger partial charge in [0.2, 0.25) is 0 Å². The van der Waals surface area contributed by atoms with Crippen molar-refractivity contribution in [2.24, 2.45) is 0 Å². The van der Waals surface area contributed by atoms with Gasteiger partial charge in [0, 0.05) is 25.0 Å². The van der Waals surface area contributed by atoms with Gasteiger partial charge in [0.15, 0.2) is 0 Å². The molecule has 4 nitrogen and oxygen atoms in total. The van der Waals surface area contributed by atoms with Crippen molar-refractivity contribution in [3.05, 3.63) is 54.4 Å². The summed E-state index contributed by atoms with van der Waals surface area (Å²) in [6.07, 6.45) is 3.29. The molecule has 0 aliphatic heterocycles. The van der Waals surface area contributed by atoms with Crippen LogP contribution in [-0.4, -0.2) is 30.1 Å². The summed E-state index contributed by atoms with van der Waals surface area (Å²) in [5, 5.41) is 1.20. The maximum atomic E-state index is 12.1. The molecule has 4 heteroatoms. The summed E-state index contributed by atoms with van der Waals surface area (Å²) < 4.78 is 0. The molecule has 0 bridgehead atoms. The minimum Gasteiger partial charge on any atom is -0.274 e. The first kappa shape index (κ1) is 12.3. The third kappa shape index (κ3) is 2.38. The first-order valence-corrected chi connectivity index (χ1v) is 5.55. The third-order valence-corrected chi connectivity index (χ3v) is 2.70. The van der Waals surface area contributed by atoms with Gasteiger partial charge in [-0.15, -0.1) is 0 Å². The van der Waals surface area contributed by atoms with Crippen molar-refractivity contribution >= 4 is 5.91 Å². The van der Waals surface area contributed by atoms with Crippen molar-refractivity contribution in [2.75, 3.05) is 14.2 Å². The predicted molar refractivity (Wildman–Crippen MR) is 68.8 cm³/mol. The smallest absolute Gasteiger partial charge is 0.274 e. The van der Waals surface area contributed by atoms with Crippen LogP contribution in [0.2, 0.25) is 0 Å². The number of rotatable bonds is 3. The van der Waals surface area contributed by atoms with Gasteiger partial charge in [0.05, 0.1) is 12.7 Å². The van der Waals surface area contributed by atoms with E-state index in [2.05, 4.69) is 4.98 Å². The fourth-order valence-electron chi connectivity index (χ4n) is 1.68. The molecule has 92 valence electrons. The number of hydrogen-bond acceptors (Lipinski definition) is 3. The highest BCUT2D eigenvalue weighted by atomic mass is 16.7. The molecule has 18 heavy (non-hydrogen) atoms. The zero-order chi connectivity index (χ0) is 13.0. The summed E-state index contributed by atoms with van der Waals surface area (Å²) in [5.74, 6) is -0.196. The fraction of sp³-hybridized carbons (Fsp3) is 0.143. The first-order valence-electron chi connectivity index (χ1n) is 5.55. The van der Waals surface area contributed by atoms with Gasteiger partial charge >= 0.3 is 0 Å². The van der Waals surface area contributed by atoms with Crippen LogP contribution in [0.25, 0.3) is 11.1 Å². The molecule has 0 fully saturated rings. The molecule has 0 aliphatic rings. The average molecular weight is 242 g/mol. The number of pyridine rings is 1. The van der Waals surface area contributed by atoms with E-state index in [1.807, 2.05) is 30.3 Å². The van der Waals surface area contributed by atoms with E-state index < -0.39 is 0 Å². The van der Waals surface area contributed by atoms with Crippen LogP contribution in [-0.2, 0) is 4.84 Å². The Labute approximate surface area is 106 Å². The molecule has 0 radical (unpaired) electrons. The third-order valence-electron chi connectivity index (χ3n) is 2.70. The Morgan fingerprint density at radius 2 is 1.94 bits per heavy atom. The Morgan fingerprint density at radius 3 is 2.61 bits per heavy atom. The van der Waals surface area contributed by atoms with Gasteiger partial charge in [-0.3, -0.25) is 14.6 Å². The SMILES string of the molecule is CON(C)C(=O)c1ccncc1-c1ccccc1. The topological polar surface area (TPSA) is 42.4 Å². The van der Waals surface area contributed by atoms with E-state index in [1.165, 1.54) is 12.2 Å². The molecule has 0 unspecified atom stereocenters. The molecule has 0 saturated heterocycles. The van der Waals surface area contributed by atoms with E-state index >= 15 is 0 Å². The molecule has 1 aromatic carbocycles. The Balaban J connectivity index is 2.47. The van der Waals surface area contributed by atoms with Gasteiger partial charge in [-0.05, 0) is 11.6 Å². The summed E-state index contributed by atoms with van der Waals surface area (Å²) in [4.78, 5) is 21.1. The van der Waals surface area contributed by atoms with Crippen LogP contribution < -0.4 is 0 Å². The molecule has 1 aromatic heterocycles. The van der Waals surface area contributed by atoms with Gasteiger partial charge in [-0.25, -0.2) is 5.06 Å². The number of benzene rings is 1. The number of nitrogens with zero attached hydrogens (tertiary/aromatic N) is 2. The molecular weight excluding hydrogens is 228 g/mol. The summed E-state index contributed by atoms with van der Waals surface area (Å²) in [7, 11) is 3.04. The van der Waals surface area contributed by atoms with Gasteiger partial charge in [-0.2, -0.15) is 0 Å². The zero-order valence-corrected chi connectivity index (χ0v) is 10.3. The highest BCUT2D eigenvalue weighted by Crippen LogP contribution is 2.23. The van der Waals surface area contributed by atoms with Crippen molar-refractivity contribution < 1.29 is 9.63 Å². The van der Waals surface area contributed by atoms with Crippen molar-refractivity contribution in [1.82, 2.24) is 10.0 Å². The minimum absolute atomic E-state index is 0.196. The maximum absolute atomic E-state index is 12.1. The Morgan fingerprint density at radius 1 is 1.22 bits per heavy atom. The maximum Gasteiger partial charge on any atom is 0.277 e. The summed E-state index contributed by atoms with van der Waals surface area (Å²) in [6.45, 7) is 0. The lowest BCUT2D eigenvalue weighted by molar-refractivity contribution is -0.0756. The van der Waals surface area contributed by atoms with Crippen LogP contribution >= 0.6 is 0 Å². The first-order chi connectivity index (χ1) is 8.74. The lowest BCUT2D eigenvalue weighted by atomic mass is 10.0. The predicted octanol–water partition coefficient (Wildman–Crippen LogP) is 2.38. The number of carbonyl (C=O) groups is 1. The normalized spacial score (nSPS) is 10.1. The summed E-state index contributed by atoms with van der Waals surface area (Å²) >= 11 is 0. The van der Waals surface area contributed by atoms with Crippen LogP contribution in [0.3, 0.4) is 0 Å². The van der Waals surface area contributed by atoms with E-state index in [0.717, 1.165) is 11.1 Å². The number of hydrogen-bond donors (Lipinski definition) is 0. The summed E-state index contributed by atoms with van der Waals surface area (Å²) in [6, 6.07) is 11.4. The molecule has 0 aliphatic carbocycles. The van der Waals surface area contributed by atoms with E-state index in [-0.39, 0.29) is 5.91 Å². The Kier molecular flexibility index (Phi) is 3.69. The number of amides is 1. The van der Waals surface area contributed by atoms with Crippen LogP contribution in [0.15, 0.2) is 48.8 Å². The van der Waals surface area contributed by atoms with E-state index in [0.29, 0.717) is 5.56 Å². The van der Waals surface area contributed by atoms with Crippen molar-refractivity contribution in [3.63, 3.8) is 0 Å². The Bertz CT molecular complexity index is 541. The molecule has 0 spiro atoms. The lowest BCUT2D eigenvalue weighted by Crippen LogP contribution is -2.25. The van der Waals surface area contributed by atoms with E-state index in [1.54, 1.807) is 25.5 Å². The van der Waals surface area contributed by atoms with Gasteiger partial charge in [-0.1, -0.05) is 30.3 Å². The monoisotopic (exact) mass is 242 g/mol. The molecule has 0 N–H and O–H groups in total. The van der Waals surface area contributed by atoms with Crippen molar-refractivity contribution in [2.45, 2.75) is 0 Å². The van der Waals surface area contributed by atoms with Crippen LogP contribution in [0.5, 0.6) is 0 Å². The van der Waals surface area contributed by atoms with Gasteiger partial charge in [0.25, 0.3) is 5.91 Å². The van der Waals surface area contributed by atoms with E-state index in [4.69, 9.17) is 4.84 Å². The van der Waals surface area contributed by atoms with Crippen LogP contribution in [0.4, 0.5) is 0 Å². The molecule has 2 aromatic rings. The largest absolute Gasteiger partial charge is 0.277 e. The molecule has 0 atom stereocenters. The zero-order valence-electron chi connectivity index (χ0n) is 10.3. The van der Waals surface area contributed by atoms with Gasteiger partial charge in [0.1, 0.15) is 0 Å². The average Bonchev–Trinajstić information content (AvgIpc) is 2.46. The highest BCUT2D eigenvalue weighted by molar-refractivity contribution is 5.99. The molecular formula is C14H14N2O2. The van der Waals surface area contributed by atoms with Crippen molar-refractivity contribution in [1.29, 1.82) is 0 Å². The molecule has 0 saturated carbocycles. The Hall–Kier alpha value is -2.20. The quantitative estimate of drug-likeness (QED) is 0.776. The second kappa shape index (κ2) is 5.42. The molecule has 1 heterocycles. The number of aromatic nitrogens is 1. The lowest BCUT2D eigenvalue weighted by Gasteiger charge is -2.15. The minimum atomic E-state index is -0.196. The number of hydroxylamine groups is 2. The fourth-order valence-corrected chi connectivity index (χ4v) is 1.68. The number of carbonyl (C=O) groups excluding carboxylic acids is 1. The second-order valence-corrected chi connectivity index (χ2v) is 3.77. The summed E-state index contributed by atoms with van der Waals surface area (Å²) in [5.41, 5.74) is 2.33.